The molecule has 9 rings (SSSR count). The van der Waals surface area contributed by atoms with Gasteiger partial charge in [0.15, 0.2) is 0 Å². The van der Waals surface area contributed by atoms with Gasteiger partial charge in [0.25, 0.3) is 0 Å². The molecule has 206 valence electrons. The molecule has 4 saturated carbocycles. The first-order chi connectivity index (χ1) is 18.6. The number of hydrogen-bond donors (Lipinski definition) is 0. The third-order valence-electron chi connectivity index (χ3n) is 9.38. The maximum absolute atomic E-state index is 3.48. The Balaban J connectivity index is 0.000000141. The van der Waals surface area contributed by atoms with Crippen LogP contribution in [0.3, 0.4) is 0 Å². The molecule has 0 radical (unpaired) electrons. The Morgan fingerprint density at radius 2 is 1.45 bits per heavy atom. The molecule has 0 spiro atoms. The van der Waals surface area contributed by atoms with Gasteiger partial charge in [-0.25, -0.2) is 6.08 Å². The molecular weight excluding hydrogens is 607 g/mol. The van der Waals surface area contributed by atoms with Crippen LogP contribution in [0.4, 0.5) is 0 Å². The minimum Gasteiger partial charge on any atom is -0.179 e. The SMILES string of the molecule is CC1[C-]=CC(C23CC4CC(CC(C4)C2)C3)=C1.[Cl-].[Cl-].[Zr+2]=[CH]Cc1ccccc1.[c-]1cccc2c1Cc1ccccc1-2. The summed E-state index contributed by atoms with van der Waals surface area (Å²) in [6, 6.07) is 28.6. The van der Waals surface area contributed by atoms with Crippen LogP contribution < -0.4 is 24.8 Å². The predicted molar refractivity (Wildman–Crippen MR) is 155 cm³/mol. The quantitative estimate of drug-likeness (QED) is 0.301. The van der Waals surface area contributed by atoms with E-state index in [1.807, 2.05) is 12.1 Å². The second-order valence-corrected chi connectivity index (χ2v) is 13.2. The number of rotatable bonds is 3. The van der Waals surface area contributed by atoms with Crippen molar-refractivity contribution in [3.8, 4) is 11.1 Å². The summed E-state index contributed by atoms with van der Waals surface area (Å²) in [6.45, 7) is 2.27. The van der Waals surface area contributed by atoms with Gasteiger partial charge in [-0.1, -0.05) is 72.9 Å². The summed E-state index contributed by atoms with van der Waals surface area (Å²) in [4.78, 5) is 0. The zero-order chi connectivity index (χ0) is 26.0. The largest absolute Gasteiger partial charge is 0.179 e. The smallest absolute Gasteiger partial charge is 0.0253 e. The molecule has 4 fully saturated rings. The van der Waals surface area contributed by atoms with Gasteiger partial charge < -0.3 is 24.8 Å². The van der Waals surface area contributed by atoms with Gasteiger partial charge in [0.1, 0.15) is 0 Å². The van der Waals surface area contributed by atoms with E-state index in [2.05, 4.69) is 95.6 Å². The minimum atomic E-state index is 0. The van der Waals surface area contributed by atoms with Gasteiger partial charge in [-0.15, -0.1) is 5.56 Å². The standard InChI is InChI=1S/C16H21.C13H9.C8H8.2ClH.Zr/c1-11-2-3-15(4-11)16-8-12-5-13(9-16)7-14(6-12)10-16;1-3-7-12-10(5-1)9-11-6-2-4-8-13(11)12;1-2-8-6-4-3-5-7-8;;;/h3-4,11-14H,5-10H2,1H3;1-5,7-8H,9H2;1,3-7H,2H2;2*1H;/q2*-1;;;;+2/p-2. The fraction of sp³-hybridized carbons (Fsp3) is 0.378. The second kappa shape index (κ2) is 14.1. The first-order valence-corrected chi connectivity index (χ1v) is 16.0. The fourth-order valence-corrected chi connectivity index (χ4v) is 8.69. The van der Waals surface area contributed by atoms with Crippen molar-refractivity contribution in [2.24, 2.45) is 29.1 Å². The van der Waals surface area contributed by atoms with Crippen LogP contribution in [0.1, 0.15) is 62.1 Å². The van der Waals surface area contributed by atoms with Crippen LogP contribution in [0.2, 0.25) is 0 Å². The monoisotopic (exact) mass is 642 g/mol. The van der Waals surface area contributed by atoms with Crippen molar-refractivity contribution in [1.82, 2.24) is 0 Å². The van der Waals surface area contributed by atoms with Crippen LogP contribution in [-0.4, -0.2) is 3.71 Å². The Morgan fingerprint density at radius 3 is 2.08 bits per heavy atom. The van der Waals surface area contributed by atoms with Gasteiger partial charge in [-0.2, -0.15) is 41.5 Å². The summed E-state index contributed by atoms with van der Waals surface area (Å²) in [5, 5.41) is 0. The van der Waals surface area contributed by atoms with Gasteiger partial charge in [0.05, 0.1) is 0 Å². The van der Waals surface area contributed by atoms with E-state index in [9.17, 15) is 0 Å². The molecule has 4 bridgehead atoms. The zero-order valence-electron chi connectivity index (χ0n) is 23.4. The topological polar surface area (TPSA) is 0 Å². The van der Waals surface area contributed by atoms with Crippen molar-refractivity contribution in [1.29, 1.82) is 0 Å². The van der Waals surface area contributed by atoms with Crippen molar-refractivity contribution in [2.45, 2.75) is 58.3 Å². The van der Waals surface area contributed by atoms with E-state index in [0.717, 1.165) is 30.6 Å². The number of allylic oxidation sites excluding steroid dienone is 4. The second-order valence-electron chi connectivity index (χ2n) is 12.2. The Hall–Kier alpha value is -1.53. The van der Waals surface area contributed by atoms with Crippen molar-refractivity contribution >= 4 is 3.71 Å². The molecule has 1 unspecified atom stereocenters. The Kier molecular flexibility index (Phi) is 11.1. The maximum atomic E-state index is 3.48. The van der Waals surface area contributed by atoms with Crippen LogP contribution in [0.15, 0.2) is 90.5 Å². The Morgan fingerprint density at radius 1 is 0.825 bits per heavy atom. The van der Waals surface area contributed by atoms with Gasteiger partial charge in [-0.05, 0) is 43.4 Å². The zero-order valence-corrected chi connectivity index (χ0v) is 27.4. The molecule has 6 aliphatic carbocycles. The molecule has 0 amide bonds. The average Bonchev–Trinajstić information content (AvgIpc) is 3.54. The van der Waals surface area contributed by atoms with Crippen molar-refractivity contribution in [2.75, 3.05) is 0 Å². The van der Waals surface area contributed by atoms with Gasteiger partial charge in [0, 0.05) is 0 Å². The van der Waals surface area contributed by atoms with E-state index in [4.69, 9.17) is 0 Å². The Bertz CT molecular complexity index is 1260. The average molecular weight is 645 g/mol. The molecule has 0 heterocycles. The summed E-state index contributed by atoms with van der Waals surface area (Å²) in [7, 11) is 0. The van der Waals surface area contributed by atoms with Crippen LogP contribution in [0.25, 0.3) is 11.1 Å². The molecule has 3 aromatic carbocycles. The molecule has 1 atom stereocenters. The number of fused-ring (bicyclic) bond motifs is 3. The fourth-order valence-electron chi connectivity index (χ4n) is 8.11. The minimum absolute atomic E-state index is 0. The molecule has 3 aromatic rings. The number of halogens is 2. The van der Waals surface area contributed by atoms with Crippen LogP contribution in [0.5, 0.6) is 0 Å². The molecule has 0 nitrogen and oxygen atoms in total. The third-order valence-corrected chi connectivity index (χ3v) is 9.88. The molecule has 0 aliphatic heterocycles. The molecule has 0 aromatic heterocycles. The van der Waals surface area contributed by atoms with Crippen molar-refractivity contribution < 1.29 is 49.0 Å². The van der Waals surface area contributed by atoms with Gasteiger partial charge >= 0.3 is 70.3 Å². The maximum Gasteiger partial charge on any atom is -0.0253 e. The first-order valence-electron chi connectivity index (χ1n) is 14.5. The predicted octanol–water partition coefficient (Wildman–Crippen LogP) is 2.78. The van der Waals surface area contributed by atoms with E-state index in [0.29, 0.717) is 11.3 Å². The molecular formula is C37H38Cl2Zr-2. The molecule has 3 heteroatoms. The summed E-state index contributed by atoms with van der Waals surface area (Å²) in [5.41, 5.74) is 9.19. The molecule has 0 N–H and O–H groups in total. The van der Waals surface area contributed by atoms with E-state index < -0.39 is 0 Å². The summed E-state index contributed by atoms with van der Waals surface area (Å²) >= 11 is 1.51. The normalized spacial score (nSPS) is 27.4. The van der Waals surface area contributed by atoms with E-state index >= 15 is 0 Å². The van der Waals surface area contributed by atoms with Gasteiger partial charge in [-0.3, -0.25) is 6.08 Å². The number of hydrogen-bond acceptors (Lipinski definition) is 0. The van der Waals surface area contributed by atoms with E-state index in [-0.39, 0.29) is 24.8 Å². The van der Waals surface area contributed by atoms with Crippen LogP contribution in [0, 0.1) is 41.2 Å². The molecule has 0 saturated heterocycles. The molecule has 40 heavy (non-hydrogen) atoms. The van der Waals surface area contributed by atoms with E-state index in [1.165, 1.54) is 71.3 Å². The van der Waals surface area contributed by atoms with Crippen molar-refractivity contribution in [3.05, 3.63) is 119 Å². The molecule has 6 aliphatic rings. The Labute approximate surface area is 268 Å². The van der Waals surface area contributed by atoms with Crippen LogP contribution in [-0.2, 0) is 37.1 Å². The van der Waals surface area contributed by atoms with Crippen LogP contribution >= 0.6 is 0 Å². The van der Waals surface area contributed by atoms with Gasteiger partial charge in [0.2, 0.25) is 0 Å². The first kappa shape index (κ1) is 31.4. The third kappa shape index (κ3) is 6.91. The van der Waals surface area contributed by atoms with Crippen molar-refractivity contribution in [3.63, 3.8) is 0 Å². The summed E-state index contributed by atoms with van der Waals surface area (Å²) in [5.74, 6) is 3.77. The van der Waals surface area contributed by atoms with E-state index in [1.54, 1.807) is 24.8 Å². The summed E-state index contributed by atoms with van der Waals surface area (Å²) < 4.78 is 2.25. The summed E-state index contributed by atoms with van der Waals surface area (Å²) in [6.07, 6.45) is 19.6. The number of benzene rings is 3.